The fraction of sp³-hybridized carbons (Fsp3) is 0.333. The Morgan fingerprint density at radius 1 is 1.27 bits per heavy atom. The van der Waals surface area contributed by atoms with Crippen molar-refractivity contribution < 1.29 is 0 Å². The van der Waals surface area contributed by atoms with E-state index < -0.39 is 0 Å². The van der Waals surface area contributed by atoms with Crippen LogP contribution in [-0.4, -0.2) is 9.97 Å². The first-order valence-electron chi connectivity index (χ1n) is 5.26. The summed E-state index contributed by atoms with van der Waals surface area (Å²) in [4.78, 5) is 18.7. The van der Waals surface area contributed by atoms with E-state index in [9.17, 15) is 4.79 Å². The third-order valence-corrected chi connectivity index (χ3v) is 2.57. The molecule has 0 radical (unpaired) electrons. The number of H-pyrrole nitrogens is 1. The summed E-state index contributed by atoms with van der Waals surface area (Å²) >= 11 is 0. The first kappa shape index (κ1) is 9.90. The van der Waals surface area contributed by atoms with Crippen LogP contribution in [0.1, 0.15) is 25.1 Å². The number of nitrogens with zero attached hydrogens (tertiary/aromatic N) is 1. The van der Waals surface area contributed by atoms with E-state index in [0.717, 1.165) is 17.5 Å². The van der Waals surface area contributed by atoms with E-state index in [1.54, 1.807) is 0 Å². The summed E-state index contributed by atoms with van der Waals surface area (Å²) in [6.07, 6.45) is 1.65. The number of hydrogen-bond acceptors (Lipinski definition) is 2. The van der Waals surface area contributed by atoms with Crippen LogP contribution in [0, 0.1) is 0 Å². The van der Waals surface area contributed by atoms with Gasteiger partial charge in [-0.2, -0.15) is 0 Å². The molecule has 78 valence electrons. The molecule has 0 aliphatic rings. The van der Waals surface area contributed by atoms with Gasteiger partial charge < -0.3 is 4.98 Å². The molecule has 2 rings (SSSR count). The number of rotatable bonds is 2. The van der Waals surface area contributed by atoms with Crippen molar-refractivity contribution in [3.8, 4) is 0 Å². The number of aryl methyl sites for hydroxylation is 2. The molecule has 0 aliphatic carbocycles. The van der Waals surface area contributed by atoms with Crippen molar-refractivity contribution in [2.45, 2.75) is 26.7 Å². The molecule has 2 aromatic rings. The van der Waals surface area contributed by atoms with Gasteiger partial charge in [0, 0.05) is 0 Å². The minimum Gasteiger partial charge on any atom is -0.319 e. The number of hydrogen-bond donors (Lipinski definition) is 1. The smallest absolute Gasteiger partial charge is 0.270 e. The van der Waals surface area contributed by atoms with Gasteiger partial charge in [-0.1, -0.05) is 19.9 Å². The van der Waals surface area contributed by atoms with E-state index in [1.165, 1.54) is 5.56 Å². The molecule has 0 saturated heterocycles. The average Bonchev–Trinajstić information content (AvgIpc) is 2.27. The molecule has 0 aliphatic heterocycles. The molecule has 1 heterocycles. The molecule has 1 N–H and O–H groups in total. The highest BCUT2D eigenvalue weighted by Crippen LogP contribution is 2.11. The molecule has 15 heavy (non-hydrogen) atoms. The SMILES string of the molecule is CCc1ccc2[nH]c(=O)c(CC)nc2c1. The van der Waals surface area contributed by atoms with Crippen LogP contribution in [0.15, 0.2) is 23.0 Å². The third-order valence-electron chi connectivity index (χ3n) is 2.57. The number of nitrogens with one attached hydrogen (secondary N) is 1. The maximum atomic E-state index is 11.5. The van der Waals surface area contributed by atoms with Crippen LogP contribution in [0.25, 0.3) is 11.0 Å². The topological polar surface area (TPSA) is 45.8 Å². The van der Waals surface area contributed by atoms with Crippen molar-refractivity contribution in [1.82, 2.24) is 9.97 Å². The zero-order valence-electron chi connectivity index (χ0n) is 9.00. The summed E-state index contributed by atoms with van der Waals surface area (Å²) in [5.41, 5.74) is 3.47. The fourth-order valence-corrected chi connectivity index (χ4v) is 1.63. The number of fused-ring (bicyclic) bond motifs is 1. The predicted molar refractivity (Wildman–Crippen MR) is 61.1 cm³/mol. The van der Waals surface area contributed by atoms with E-state index in [2.05, 4.69) is 16.9 Å². The quantitative estimate of drug-likeness (QED) is 0.810. The second-order valence-electron chi connectivity index (χ2n) is 3.57. The molecule has 1 aromatic carbocycles. The first-order valence-corrected chi connectivity index (χ1v) is 5.26. The van der Waals surface area contributed by atoms with Crippen molar-refractivity contribution in [1.29, 1.82) is 0 Å². The zero-order chi connectivity index (χ0) is 10.8. The van der Waals surface area contributed by atoms with Gasteiger partial charge in [-0.3, -0.25) is 4.79 Å². The Kier molecular flexibility index (Phi) is 2.54. The molecule has 3 heteroatoms. The lowest BCUT2D eigenvalue weighted by Crippen LogP contribution is -2.14. The van der Waals surface area contributed by atoms with Gasteiger partial charge in [-0.15, -0.1) is 0 Å². The van der Waals surface area contributed by atoms with Crippen molar-refractivity contribution in [2.75, 3.05) is 0 Å². The monoisotopic (exact) mass is 202 g/mol. The lowest BCUT2D eigenvalue weighted by molar-refractivity contribution is 0.994. The van der Waals surface area contributed by atoms with Crippen LogP contribution < -0.4 is 5.56 Å². The highest BCUT2D eigenvalue weighted by molar-refractivity contribution is 5.74. The van der Waals surface area contributed by atoms with E-state index in [4.69, 9.17) is 0 Å². The van der Waals surface area contributed by atoms with Crippen LogP contribution in [0.2, 0.25) is 0 Å². The number of benzene rings is 1. The fourth-order valence-electron chi connectivity index (χ4n) is 1.63. The maximum absolute atomic E-state index is 11.5. The molecule has 0 atom stereocenters. The third kappa shape index (κ3) is 1.77. The summed E-state index contributed by atoms with van der Waals surface area (Å²) in [6, 6.07) is 5.97. The molecule has 0 bridgehead atoms. The van der Waals surface area contributed by atoms with E-state index >= 15 is 0 Å². The van der Waals surface area contributed by atoms with Gasteiger partial charge in [0.05, 0.1) is 11.0 Å². The molecule has 0 amide bonds. The van der Waals surface area contributed by atoms with Crippen molar-refractivity contribution in [3.63, 3.8) is 0 Å². The molecule has 0 saturated carbocycles. The summed E-state index contributed by atoms with van der Waals surface area (Å²) in [5, 5.41) is 0. The van der Waals surface area contributed by atoms with Crippen LogP contribution in [0.3, 0.4) is 0 Å². The second kappa shape index (κ2) is 3.85. The van der Waals surface area contributed by atoms with Crippen molar-refractivity contribution >= 4 is 11.0 Å². The largest absolute Gasteiger partial charge is 0.319 e. The van der Waals surface area contributed by atoms with Gasteiger partial charge in [-0.25, -0.2) is 4.98 Å². The molecule has 0 spiro atoms. The molecule has 1 aromatic heterocycles. The number of aromatic nitrogens is 2. The van der Waals surface area contributed by atoms with Gasteiger partial charge in [0.25, 0.3) is 5.56 Å². The van der Waals surface area contributed by atoms with E-state index in [0.29, 0.717) is 12.1 Å². The zero-order valence-corrected chi connectivity index (χ0v) is 9.00. The van der Waals surface area contributed by atoms with Crippen LogP contribution >= 0.6 is 0 Å². The Morgan fingerprint density at radius 2 is 2.07 bits per heavy atom. The van der Waals surface area contributed by atoms with E-state index in [1.807, 2.05) is 25.1 Å². The van der Waals surface area contributed by atoms with Gasteiger partial charge in [0.1, 0.15) is 5.69 Å². The van der Waals surface area contributed by atoms with Gasteiger partial charge in [0.15, 0.2) is 0 Å². The Morgan fingerprint density at radius 3 is 2.73 bits per heavy atom. The number of aromatic amines is 1. The first-order chi connectivity index (χ1) is 7.24. The normalized spacial score (nSPS) is 10.8. The average molecular weight is 202 g/mol. The van der Waals surface area contributed by atoms with Crippen LogP contribution in [0.4, 0.5) is 0 Å². The van der Waals surface area contributed by atoms with Gasteiger partial charge >= 0.3 is 0 Å². The molecular formula is C12H14N2O. The van der Waals surface area contributed by atoms with Crippen molar-refractivity contribution in [2.24, 2.45) is 0 Å². The predicted octanol–water partition coefficient (Wildman–Crippen LogP) is 2.05. The van der Waals surface area contributed by atoms with Crippen molar-refractivity contribution in [3.05, 3.63) is 39.8 Å². The Bertz CT molecular complexity index is 543. The van der Waals surface area contributed by atoms with Gasteiger partial charge in [0.2, 0.25) is 0 Å². The molecule has 0 fully saturated rings. The minimum atomic E-state index is -0.0748. The highest BCUT2D eigenvalue weighted by atomic mass is 16.1. The Labute approximate surface area is 88.2 Å². The molecular weight excluding hydrogens is 188 g/mol. The Hall–Kier alpha value is -1.64. The van der Waals surface area contributed by atoms with Crippen LogP contribution in [-0.2, 0) is 12.8 Å². The summed E-state index contributed by atoms with van der Waals surface area (Å²) < 4.78 is 0. The summed E-state index contributed by atoms with van der Waals surface area (Å²) in [5.74, 6) is 0. The Balaban J connectivity index is 2.71. The highest BCUT2D eigenvalue weighted by Gasteiger charge is 2.02. The van der Waals surface area contributed by atoms with Crippen LogP contribution in [0.5, 0.6) is 0 Å². The molecule has 3 nitrogen and oxygen atoms in total. The lowest BCUT2D eigenvalue weighted by atomic mass is 10.1. The summed E-state index contributed by atoms with van der Waals surface area (Å²) in [7, 11) is 0. The minimum absolute atomic E-state index is 0.0748. The molecule has 0 unspecified atom stereocenters. The van der Waals surface area contributed by atoms with Gasteiger partial charge in [-0.05, 0) is 30.5 Å². The maximum Gasteiger partial charge on any atom is 0.270 e. The van der Waals surface area contributed by atoms with E-state index in [-0.39, 0.29) is 5.56 Å². The second-order valence-corrected chi connectivity index (χ2v) is 3.57. The standard InChI is InChI=1S/C12H14N2O/c1-3-8-5-6-10-11(7-8)13-9(4-2)12(15)14-10/h5-7H,3-4H2,1-2H3,(H,14,15). The summed E-state index contributed by atoms with van der Waals surface area (Å²) in [6.45, 7) is 4.04. The lowest BCUT2D eigenvalue weighted by Gasteiger charge is -2.02.